The number of methoxy groups -OCH3 is 2. The monoisotopic (exact) mass is 487 g/mol. The van der Waals surface area contributed by atoms with E-state index in [0.29, 0.717) is 43.1 Å². The SMILES string of the molecule is COc1ccc(NC(=O)C2CCC(c3cccc(C)c3)N(C(=O)NCc3ccccc3)C2)c(OC)c1. The lowest BCUT2D eigenvalue weighted by molar-refractivity contribution is -0.121. The topological polar surface area (TPSA) is 79.9 Å². The van der Waals surface area contributed by atoms with Gasteiger partial charge in [0.15, 0.2) is 0 Å². The first-order valence-electron chi connectivity index (χ1n) is 12.2. The number of hydrogen-bond acceptors (Lipinski definition) is 4. The number of aryl methyl sites for hydroxylation is 1. The number of nitrogens with zero attached hydrogens (tertiary/aromatic N) is 1. The van der Waals surface area contributed by atoms with Gasteiger partial charge in [-0.05, 0) is 43.0 Å². The average Bonchev–Trinajstić information content (AvgIpc) is 2.92. The Morgan fingerprint density at radius 3 is 2.47 bits per heavy atom. The van der Waals surface area contributed by atoms with Crippen LogP contribution in [0.4, 0.5) is 10.5 Å². The minimum Gasteiger partial charge on any atom is -0.497 e. The maximum Gasteiger partial charge on any atom is 0.318 e. The van der Waals surface area contributed by atoms with Gasteiger partial charge < -0.3 is 25.0 Å². The van der Waals surface area contributed by atoms with E-state index in [0.717, 1.165) is 16.7 Å². The molecule has 3 amide bonds. The Bertz CT molecular complexity index is 1200. The lowest BCUT2D eigenvalue weighted by Crippen LogP contribution is -2.49. The summed E-state index contributed by atoms with van der Waals surface area (Å²) in [6.45, 7) is 2.80. The normalized spacial score (nSPS) is 17.2. The number of likely N-dealkylation sites (tertiary alicyclic amines) is 1. The molecule has 3 aromatic carbocycles. The lowest BCUT2D eigenvalue weighted by atomic mass is 9.88. The summed E-state index contributed by atoms with van der Waals surface area (Å²) < 4.78 is 10.7. The number of carbonyl (C=O) groups excluding carboxylic acids is 2. The van der Waals surface area contributed by atoms with Crippen molar-refractivity contribution in [2.75, 3.05) is 26.1 Å². The van der Waals surface area contributed by atoms with E-state index in [2.05, 4.69) is 22.8 Å². The van der Waals surface area contributed by atoms with Crippen molar-refractivity contribution in [1.29, 1.82) is 0 Å². The van der Waals surface area contributed by atoms with Crippen LogP contribution in [0.25, 0.3) is 0 Å². The molecular weight excluding hydrogens is 454 g/mol. The van der Waals surface area contributed by atoms with Gasteiger partial charge in [-0.1, -0.05) is 60.2 Å². The number of ether oxygens (including phenoxy) is 2. The van der Waals surface area contributed by atoms with E-state index in [4.69, 9.17) is 9.47 Å². The highest BCUT2D eigenvalue weighted by molar-refractivity contribution is 5.94. The zero-order chi connectivity index (χ0) is 25.5. The maximum absolute atomic E-state index is 13.4. The van der Waals surface area contributed by atoms with Crippen molar-refractivity contribution in [3.05, 3.63) is 89.5 Å². The van der Waals surface area contributed by atoms with Gasteiger partial charge in [0.2, 0.25) is 5.91 Å². The molecule has 0 spiro atoms. The number of benzene rings is 3. The Morgan fingerprint density at radius 1 is 0.944 bits per heavy atom. The summed E-state index contributed by atoms with van der Waals surface area (Å²) in [7, 11) is 3.13. The van der Waals surface area contributed by atoms with Crippen LogP contribution in [0.5, 0.6) is 11.5 Å². The predicted octanol–water partition coefficient (Wildman–Crippen LogP) is 5.31. The molecule has 4 rings (SSSR count). The number of nitrogens with one attached hydrogen (secondary N) is 2. The lowest BCUT2D eigenvalue weighted by Gasteiger charge is -2.39. The molecule has 36 heavy (non-hydrogen) atoms. The molecular formula is C29H33N3O4. The molecule has 7 nitrogen and oxygen atoms in total. The molecule has 1 aliphatic rings. The summed E-state index contributed by atoms with van der Waals surface area (Å²) in [5, 5.41) is 6.03. The molecule has 2 atom stereocenters. The van der Waals surface area contributed by atoms with Crippen molar-refractivity contribution in [3.8, 4) is 11.5 Å². The first-order chi connectivity index (χ1) is 17.5. The summed E-state index contributed by atoms with van der Waals surface area (Å²) in [5.41, 5.74) is 3.82. The van der Waals surface area contributed by atoms with Gasteiger partial charge in [0.05, 0.1) is 31.9 Å². The third kappa shape index (κ3) is 5.97. The van der Waals surface area contributed by atoms with E-state index in [1.165, 1.54) is 0 Å². The van der Waals surface area contributed by atoms with E-state index in [1.54, 1.807) is 37.3 Å². The number of hydrogen-bond donors (Lipinski definition) is 2. The number of amides is 3. The molecule has 3 aromatic rings. The van der Waals surface area contributed by atoms with Gasteiger partial charge in [-0.2, -0.15) is 0 Å². The van der Waals surface area contributed by atoms with Gasteiger partial charge in [0, 0.05) is 19.2 Å². The van der Waals surface area contributed by atoms with Crippen molar-refractivity contribution >= 4 is 17.6 Å². The van der Waals surface area contributed by atoms with Crippen molar-refractivity contribution < 1.29 is 19.1 Å². The zero-order valence-corrected chi connectivity index (χ0v) is 21.0. The van der Waals surface area contributed by atoms with Gasteiger partial charge >= 0.3 is 6.03 Å². The minimum atomic E-state index is -0.347. The molecule has 1 aliphatic heterocycles. The van der Waals surface area contributed by atoms with E-state index in [9.17, 15) is 9.59 Å². The molecule has 1 heterocycles. The highest BCUT2D eigenvalue weighted by Crippen LogP contribution is 2.35. The number of carbonyl (C=O) groups is 2. The highest BCUT2D eigenvalue weighted by Gasteiger charge is 2.36. The van der Waals surface area contributed by atoms with E-state index in [-0.39, 0.29) is 23.9 Å². The van der Waals surface area contributed by atoms with Crippen molar-refractivity contribution in [2.24, 2.45) is 5.92 Å². The number of rotatable bonds is 7. The van der Waals surface area contributed by atoms with Crippen molar-refractivity contribution in [1.82, 2.24) is 10.2 Å². The van der Waals surface area contributed by atoms with Gasteiger partial charge in [-0.15, -0.1) is 0 Å². The second kappa shape index (κ2) is 11.6. The molecule has 0 bridgehead atoms. The average molecular weight is 488 g/mol. The van der Waals surface area contributed by atoms with Crippen LogP contribution in [-0.2, 0) is 11.3 Å². The molecule has 2 unspecified atom stereocenters. The van der Waals surface area contributed by atoms with Crippen LogP contribution in [0.15, 0.2) is 72.8 Å². The van der Waals surface area contributed by atoms with Crippen LogP contribution in [0.3, 0.4) is 0 Å². The van der Waals surface area contributed by atoms with Crippen LogP contribution in [0.2, 0.25) is 0 Å². The second-order valence-corrected chi connectivity index (χ2v) is 9.06. The molecule has 0 saturated carbocycles. The molecule has 0 radical (unpaired) electrons. The molecule has 1 fully saturated rings. The van der Waals surface area contributed by atoms with Gasteiger partial charge in [-0.3, -0.25) is 4.79 Å². The fourth-order valence-corrected chi connectivity index (χ4v) is 4.64. The second-order valence-electron chi connectivity index (χ2n) is 9.06. The Balaban J connectivity index is 1.51. The zero-order valence-electron chi connectivity index (χ0n) is 21.0. The molecule has 1 saturated heterocycles. The molecule has 0 aromatic heterocycles. The van der Waals surface area contributed by atoms with E-state index in [1.807, 2.05) is 49.4 Å². The highest BCUT2D eigenvalue weighted by atomic mass is 16.5. The van der Waals surface area contributed by atoms with Crippen LogP contribution in [0.1, 0.15) is 35.6 Å². The third-order valence-electron chi connectivity index (χ3n) is 6.59. The Labute approximate surface area is 212 Å². The largest absolute Gasteiger partial charge is 0.497 e. The molecule has 0 aliphatic carbocycles. The third-order valence-corrected chi connectivity index (χ3v) is 6.59. The first kappa shape index (κ1) is 25.1. The van der Waals surface area contributed by atoms with Gasteiger partial charge in [-0.25, -0.2) is 4.79 Å². The van der Waals surface area contributed by atoms with Gasteiger partial charge in [0.1, 0.15) is 11.5 Å². The molecule has 7 heteroatoms. The number of urea groups is 1. The summed E-state index contributed by atoms with van der Waals surface area (Å²) in [6, 6.07) is 23.0. The summed E-state index contributed by atoms with van der Waals surface area (Å²) in [4.78, 5) is 28.5. The quantitative estimate of drug-likeness (QED) is 0.473. The van der Waals surface area contributed by atoms with Crippen LogP contribution in [0, 0.1) is 12.8 Å². The van der Waals surface area contributed by atoms with Crippen LogP contribution >= 0.6 is 0 Å². The van der Waals surface area contributed by atoms with Crippen LogP contribution < -0.4 is 20.1 Å². The molecule has 188 valence electrons. The van der Waals surface area contributed by atoms with Crippen molar-refractivity contribution in [2.45, 2.75) is 32.4 Å². The van der Waals surface area contributed by atoms with E-state index < -0.39 is 0 Å². The van der Waals surface area contributed by atoms with Crippen LogP contribution in [-0.4, -0.2) is 37.6 Å². The number of piperidine rings is 1. The fraction of sp³-hybridized carbons (Fsp3) is 0.310. The summed E-state index contributed by atoms with van der Waals surface area (Å²) in [6.07, 6.45) is 1.37. The van der Waals surface area contributed by atoms with Crippen molar-refractivity contribution in [3.63, 3.8) is 0 Å². The van der Waals surface area contributed by atoms with E-state index >= 15 is 0 Å². The Kier molecular flexibility index (Phi) is 8.10. The molecule has 2 N–H and O–H groups in total. The summed E-state index contributed by atoms with van der Waals surface area (Å²) >= 11 is 0. The number of anilines is 1. The smallest absolute Gasteiger partial charge is 0.318 e. The Morgan fingerprint density at radius 2 is 1.75 bits per heavy atom. The first-order valence-corrected chi connectivity index (χ1v) is 12.2. The maximum atomic E-state index is 13.4. The standard InChI is InChI=1S/C29H33N3O4/c1-20-8-7-11-22(16-20)26-15-12-23(19-32(26)29(34)30-18-21-9-5-4-6-10-21)28(33)31-25-14-13-24(35-2)17-27(25)36-3/h4-11,13-14,16-17,23,26H,12,15,18-19H2,1-3H3,(H,30,34)(H,31,33). The predicted molar refractivity (Wildman–Crippen MR) is 140 cm³/mol. The fourth-order valence-electron chi connectivity index (χ4n) is 4.64. The van der Waals surface area contributed by atoms with Gasteiger partial charge in [0.25, 0.3) is 0 Å². The summed E-state index contributed by atoms with van der Waals surface area (Å²) in [5.74, 6) is 0.681. The minimum absolute atomic E-state index is 0.0970. The Hall–Kier alpha value is -4.00.